The average molecular weight is 341 g/mol. The molecule has 0 spiro atoms. The maximum atomic E-state index is 12.6. The second-order valence-corrected chi connectivity index (χ2v) is 5.99. The molecule has 1 fully saturated rings. The molecule has 0 aliphatic carbocycles. The Morgan fingerprint density at radius 3 is 2.42 bits per heavy atom. The van der Waals surface area contributed by atoms with Gasteiger partial charge in [-0.05, 0) is 30.1 Å². The summed E-state index contributed by atoms with van der Waals surface area (Å²) in [5.74, 6) is 1.87. The fraction of sp³-hybridized carbons (Fsp3) is 0.533. The van der Waals surface area contributed by atoms with Crippen molar-refractivity contribution in [1.82, 2.24) is 15.1 Å². The van der Waals surface area contributed by atoms with Gasteiger partial charge in [0.25, 0.3) is 5.95 Å². The molecule has 9 heteroatoms. The van der Waals surface area contributed by atoms with E-state index in [1.54, 1.807) is 4.90 Å². The van der Waals surface area contributed by atoms with Crippen molar-refractivity contribution in [3.05, 3.63) is 29.8 Å². The number of nitrogens with zero attached hydrogens (tertiary/aromatic N) is 5. The Balaban J connectivity index is 1.62. The van der Waals surface area contributed by atoms with Crippen LogP contribution in [0.3, 0.4) is 0 Å². The van der Waals surface area contributed by atoms with E-state index in [4.69, 9.17) is 4.52 Å². The Morgan fingerprint density at radius 1 is 1.21 bits per heavy atom. The van der Waals surface area contributed by atoms with Crippen LogP contribution in [0.5, 0.6) is 0 Å². The molecule has 0 aromatic carbocycles. The number of rotatable bonds is 3. The number of hydrogen-bond acceptors (Lipinski definition) is 6. The van der Waals surface area contributed by atoms with E-state index >= 15 is 0 Å². The Hall–Kier alpha value is -2.32. The van der Waals surface area contributed by atoms with E-state index in [-0.39, 0.29) is 5.92 Å². The molecule has 0 N–H and O–H groups in total. The lowest BCUT2D eigenvalue weighted by molar-refractivity contribution is -0.137. The first-order chi connectivity index (χ1) is 11.3. The number of halogens is 3. The molecule has 0 unspecified atom stereocenters. The molecule has 0 radical (unpaired) electrons. The molecule has 0 bridgehead atoms. The third-order valence-electron chi connectivity index (χ3n) is 4.07. The van der Waals surface area contributed by atoms with Crippen molar-refractivity contribution in [2.24, 2.45) is 0 Å². The van der Waals surface area contributed by atoms with Gasteiger partial charge >= 0.3 is 6.18 Å². The van der Waals surface area contributed by atoms with Crippen molar-refractivity contribution in [3.63, 3.8) is 0 Å². The summed E-state index contributed by atoms with van der Waals surface area (Å²) < 4.78 is 43.0. The van der Waals surface area contributed by atoms with Crippen LogP contribution in [-0.2, 0) is 6.18 Å². The van der Waals surface area contributed by atoms with Gasteiger partial charge in [-0.25, -0.2) is 4.98 Å². The van der Waals surface area contributed by atoms with Crippen molar-refractivity contribution in [2.45, 2.75) is 24.9 Å². The number of alkyl halides is 3. The second kappa shape index (κ2) is 6.29. The highest BCUT2D eigenvalue weighted by atomic mass is 19.4. The lowest BCUT2D eigenvalue weighted by Crippen LogP contribution is -2.33. The fourth-order valence-corrected chi connectivity index (χ4v) is 2.67. The Bertz CT molecular complexity index is 675. The van der Waals surface area contributed by atoms with Crippen molar-refractivity contribution >= 4 is 11.8 Å². The van der Waals surface area contributed by atoms with Crippen LogP contribution >= 0.6 is 0 Å². The maximum absolute atomic E-state index is 12.6. The van der Waals surface area contributed by atoms with E-state index in [0.717, 1.165) is 25.1 Å². The summed E-state index contributed by atoms with van der Waals surface area (Å²) in [7, 11) is 3.68. The molecule has 2 aromatic heterocycles. The van der Waals surface area contributed by atoms with E-state index in [0.29, 0.717) is 30.7 Å². The molecule has 6 nitrogen and oxygen atoms in total. The van der Waals surface area contributed by atoms with Crippen LogP contribution < -0.4 is 9.80 Å². The number of aromatic nitrogens is 3. The summed E-state index contributed by atoms with van der Waals surface area (Å²) >= 11 is 0. The summed E-state index contributed by atoms with van der Waals surface area (Å²) in [4.78, 5) is 12.0. The van der Waals surface area contributed by atoms with Gasteiger partial charge in [-0.1, -0.05) is 0 Å². The third kappa shape index (κ3) is 3.44. The summed E-state index contributed by atoms with van der Waals surface area (Å²) in [6.45, 7) is 1.37. The van der Waals surface area contributed by atoms with E-state index in [2.05, 4.69) is 15.1 Å². The van der Waals surface area contributed by atoms with Crippen molar-refractivity contribution < 1.29 is 17.7 Å². The van der Waals surface area contributed by atoms with Crippen LogP contribution in [0.25, 0.3) is 0 Å². The Labute approximate surface area is 137 Å². The largest absolute Gasteiger partial charge is 0.417 e. The molecule has 3 rings (SSSR count). The summed E-state index contributed by atoms with van der Waals surface area (Å²) in [6.07, 6.45) is -1.90. The van der Waals surface area contributed by atoms with Crippen LogP contribution in [0, 0.1) is 0 Å². The van der Waals surface area contributed by atoms with Crippen LogP contribution in [0.4, 0.5) is 24.9 Å². The van der Waals surface area contributed by atoms with Crippen LogP contribution in [0.2, 0.25) is 0 Å². The number of anilines is 2. The standard InChI is InChI=1S/C15H18F3N5O/c1-22(2)14-20-13(24-21-14)10-5-7-23(8-6-10)12-4-3-11(9-19-12)15(16,17)18/h3-4,9-10H,5-8H2,1-2H3. The molecule has 24 heavy (non-hydrogen) atoms. The molecular formula is C15H18F3N5O. The SMILES string of the molecule is CN(C)c1noc(C2CCN(c3ccc(C(F)(F)F)cn3)CC2)n1. The minimum atomic E-state index is -4.36. The molecule has 0 atom stereocenters. The van der Waals surface area contributed by atoms with Crippen LogP contribution in [-0.4, -0.2) is 42.3 Å². The monoisotopic (exact) mass is 341 g/mol. The first-order valence-corrected chi connectivity index (χ1v) is 7.63. The highest BCUT2D eigenvalue weighted by molar-refractivity contribution is 5.40. The summed E-state index contributed by atoms with van der Waals surface area (Å²) in [5.41, 5.74) is -0.733. The number of pyridine rings is 1. The minimum absolute atomic E-state index is 0.164. The topological polar surface area (TPSA) is 58.3 Å². The lowest BCUT2D eigenvalue weighted by atomic mass is 9.97. The Kier molecular flexibility index (Phi) is 4.33. The number of piperidine rings is 1. The zero-order chi connectivity index (χ0) is 17.3. The highest BCUT2D eigenvalue weighted by Crippen LogP contribution is 2.32. The Morgan fingerprint density at radius 2 is 1.92 bits per heavy atom. The highest BCUT2D eigenvalue weighted by Gasteiger charge is 2.31. The van der Waals surface area contributed by atoms with E-state index in [1.807, 2.05) is 19.0 Å². The third-order valence-corrected chi connectivity index (χ3v) is 4.07. The van der Waals surface area contributed by atoms with Crippen LogP contribution in [0.1, 0.15) is 30.2 Å². The fourth-order valence-electron chi connectivity index (χ4n) is 2.67. The molecule has 1 saturated heterocycles. The van der Waals surface area contributed by atoms with E-state index < -0.39 is 11.7 Å². The molecule has 1 aliphatic rings. The van der Waals surface area contributed by atoms with Gasteiger partial charge in [0.15, 0.2) is 0 Å². The lowest BCUT2D eigenvalue weighted by Gasteiger charge is -2.31. The quantitative estimate of drug-likeness (QED) is 0.856. The first-order valence-electron chi connectivity index (χ1n) is 7.63. The molecule has 130 valence electrons. The van der Waals surface area contributed by atoms with Gasteiger partial charge in [0.2, 0.25) is 5.89 Å². The average Bonchev–Trinajstić information content (AvgIpc) is 3.05. The normalized spacial score (nSPS) is 16.5. The van der Waals surface area contributed by atoms with Gasteiger partial charge in [-0.15, -0.1) is 0 Å². The molecule has 0 amide bonds. The summed E-state index contributed by atoms with van der Waals surface area (Å²) in [5, 5.41) is 3.91. The maximum Gasteiger partial charge on any atom is 0.417 e. The van der Waals surface area contributed by atoms with Crippen molar-refractivity contribution in [2.75, 3.05) is 37.0 Å². The molecule has 0 saturated carbocycles. The predicted molar refractivity (Wildman–Crippen MR) is 82.1 cm³/mol. The van der Waals surface area contributed by atoms with Crippen molar-refractivity contribution in [1.29, 1.82) is 0 Å². The van der Waals surface area contributed by atoms with Gasteiger partial charge in [-0.2, -0.15) is 18.2 Å². The smallest absolute Gasteiger partial charge is 0.357 e. The zero-order valence-electron chi connectivity index (χ0n) is 13.4. The predicted octanol–water partition coefficient (Wildman–Crippen LogP) is 2.93. The molecule has 3 heterocycles. The molecule has 1 aliphatic heterocycles. The first kappa shape index (κ1) is 16.5. The van der Waals surface area contributed by atoms with Gasteiger partial charge in [-0.3, -0.25) is 0 Å². The minimum Gasteiger partial charge on any atom is -0.357 e. The zero-order valence-corrected chi connectivity index (χ0v) is 13.4. The van der Waals surface area contributed by atoms with Crippen molar-refractivity contribution in [3.8, 4) is 0 Å². The second-order valence-electron chi connectivity index (χ2n) is 5.99. The van der Waals surface area contributed by atoms with Gasteiger partial charge in [0.05, 0.1) is 5.56 Å². The number of hydrogen-bond donors (Lipinski definition) is 0. The molecule has 2 aromatic rings. The van der Waals surface area contributed by atoms with Gasteiger partial charge in [0.1, 0.15) is 5.82 Å². The van der Waals surface area contributed by atoms with Crippen LogP contribution in [0.15, 0.2) is 22.9 Å². The van der Waals surface area contributed by atoms with Gasteiger partial charge in [0, 0.05) is 39.3 Å². The van der Waals surface area contributed by atoms with Gasteiger partial charge < -0.3 is 14.3 Å². The van der Waals surface area contributed by atoms with E-state index in [9.17, 15) is 13.2 Å². The summed E-state index contributed by atoms with van der Waals surface area (Å²) in [6, 6.07) is 2.48. The van der Waals surface area contributed by atoms with E-state index in [1.165, 1.54) is 6.07 Å². The molecular weight excluding hydrogens is 323 g/mol.